The zero-order valence-corrected chi connectivity index (χ0v) is 14.2. The van der Waals surface area contributed by atoms with Crippen molar-refractivity contribution < 1.29 is 13.6 Å². The van der Waals surface area contributed by atoms with Crippen molar-refractivity contribution in [3.63, 3.8) is 0 Å². The third-order valence-electron chi connectivity index (χ3n) is 3.91. The predicted molar refractivity (Wildman–Crippen MR) is 79.2 cm³/mol. The van der Waals surface area contributed by atoms with E-state index < -0.39 is 18.3 Å². The van der Waals surface area contributed by atoms with Crippen molar-refractivity contribution in [3.8, 4) is 0 Å². The first kappa shape index (κ1) is 16.4. The van der Waals surface area contributed by atoms with Crippen LogP contribution in [0.15, 0.2) is 29.2 Å². The summed E-state index contributed by atoms with van der Waals surface area (Å²) >= 11 is 0. The van der Waals surface area contributed by atoms with Crippen LogP contribution in [0.3, 0.4) is 0 Å². The molecule has 108 valence electrons. The third kappa shape index (κ3) is 2.91. The van der Waals surface area contributed by atoms with Crippen molar-refractivity contribution in [2.45, 2.75) is 50.7 Å². The maximum Gasteiger partial charge on any atom is 0.258 e. The molecule has 0 spiro atoms. The molecule has 0 heterocycles. The Morgan fingerprint density at radius 1 is 1.16 bits per heavy atom. The second kappa shape index (κ2) is 5.01. The Kier molecular flexibility index (Phi) is 4.31. The van der Waals surface area contributed by atoms with Gasteiger partial charge >= 0.3 is 0 Å². The lowest BCUT2D eigenvalue weighted by Gasteiger charge is -2.40. The molecular formula is C13H23NO3SSi. The smallest absolute Gasteiger partial charge is 0.258 e. The van der Waals surface area contributed by atoms with Crippen molar-refractivity contribution in [3.05, 3.63) is 29.8 Å². The molecule has 0 atom stereocenters. The molecule has 0 aliphatic rings. The maximum absolute atomic E-state index is 12.6. The summed E-state index contributed by atoms with van der Waals surface area (Å²) in [6.07, 6.45) is 0. The average Bonchev–Trinajstić information content (AvgIpc) is 2.26. The van der Waals surface area contributed by atoms with Gasteiger partial charge < -0.3 is 5.21 Å². The third-order valence-corrected chi connectivity index (χ3v) is 12.1. The molecule has 0 radical (unpaired) electrons. The zero-order chi connectivity index (χ0) is 15.1. The SMILES string of the molecule is Cc1ccccc1S(=O)(=O)N(O)[Si](C)(C)C(C)(C)C. The van der Waals surface area contributed by atoms with E-state index in [0.29, 0.717) is 9.70 Å². The van der Waals surface area contributed by atoms with Crippen LogP contribution in [0, 0.1) is 6.92 Å². The first-order chi connectivity index (χ1) is 8.42. The molecule has 1 aromatic carbocycles. The average molecular weight is 301 g/mol. The molecule has 6 heteroatoms. The molecular weight excluding hydrogens is 278 g/mol. The van der Waals surface area contributed by atoms with E-state index in [4.69, 9.17) is 0 Å². The number of hydrogen-bond donors (Lipinski definition) is 1. The summed E-state index contributed by atoms with van der Waals surface area (Å²) in [5, 5.41) is 10.1. The highest BCUT2D eigenvalue weighted by atomic mass is 32.2. The fourth-order valence-corrected chi connectivity index (χ4v) is 6.53. The molecule has 1 rings (SSSR count). The summed E-state index contributed by atoms with van der Waals surface area (Å²) in [5.74, 6) is 0. The Balaban J connectivity index is 3.34. The minimum absolute atomic E-state index is 0.169. The lowest BCUT2D eigenvalue weighted by molar-refractivity contribution is 0.0769. The minimum Gasteiger partial charge on any atom is -0.307 e. The Bertz CT molecular complexity index is 561. The first-order valence-corrected chi connectivity index (χ1v) is 10.6. The zero-order valence-electron chi connectivity index (χ0n) is 12.4. The standard InChI is InChI=1S/C13H23NO3SSi/c1-11-9-7-8-10-12(11)18(16,17)14(15)19(5,6)13(2,3)4/h7-10,15H,1-6H3. The van der Waals surface area contributed by atoms with Gasteiger partial charge in [0.2, 0.25) is 0 Å². The number of nitrogens with zero attached hydrogens (tertiary/aromatic N) is 1. The van der Waals surface area contributed by atoms with Gasteiger partial charge in [-0.3, -0.25) is 0 Å². The van der Waals surface area contributed by atoms with Gasteiger partial charge in [0.15, 0.2) is 8.24 Å². The molecule has 0 aromatic heterocycles. The molecule has 0 aliphatic heterocycles. The van der Waals surface area contributed by atoms with Gasteiger partial charge in [0.05, 0.1) is 4.90 Å². The predicted octanol–water partition coefficient (Wildman–Crippen LogP) is 3.38. The lowest BCUT2D eigenvalue weighted by Crippen LogP contribution is -2.55. The van der Waals surface area contributed by atoms with Gasteiger partial charge in [-0.2, -0.15) is 0 Å². The summed E-state index contributed by atoms with van der Waals surface area (Å²) in [5.41, 5.74) is 0.639. The van der Waals surface area contributed by atoms with E-state index in [9.17, 15) is 13.6 Å². The van der Waals surface area contributed by atoms with Crippen LogP contribution < -0.4 is 0 Å². The van der Waals surface area contributed by atoms with Gasteiger partial charge in [-0.25, -0.2) is 8.42 Å². The van der Waals surface area contributed by atoms with Gasteiger partial charge in [-0.05, 0) is 23.6 Å². The van der Waals surface area contributed by atoms with E-state index in [1.54, 1.807) is 25.1 Å². The van der Waals surface area contributed by atoms with Crippen LogP contribution in [0.4, 0.5) is 0 Å². The van der Waals surface area contributed by atoms with Gasteiger partial charge in [-0.15, -0.1) is 4.13 Å². The van der Waals surface area contributed by atoms with Crippen molar-refractivity contribution in [1.29, 1.82) is 0 Å². The van der Waals surface area contributed by atoms with Crippen molar-refractivity contribution in [2.24, 2.45) is 0 Å². The molecule has 0 aliphatic carbocycles. The first-order valence-electron chi connectivity index (χ1n) is 6.22. The topological polar surface area (TPSA) is 57.6 Å². The molecule has 1 aromatic rings. The molecule has 0 saturated heterocycles. The highest BCUT2D eigenvalue weighted by molar-refractivity contribution is 7.90. The number of sulfonamides is 1. The van der Waals surface area contributed by atoms with Crippen molar-refractivity contribution >= 4 is 18.3 Å². The van der Waals surface area contributed by atoms with Gasteiger partial charge in [0.25, 0.3) is 10.0 Å². The van der Waals surface area contributed by atoms with E-state index in [2.05, 4.69) is 0 Å². The normalized spacial score (nSPS) is 13.9. The molecule has 0 amide bonds. The molecule has 0 saturated carbocycles. The Morgan fingerprint density at radius 3 is 2.05 bits per heavy atom. The summed E-state index contributed by atoms with van der Waals surface area (Å²) < 4.78 is 25.7. The van der Waals surface area contributed by atoms with E-state index in [0.717, 1.165) is 0 Å². The van der Waals surface area contributed by atoms with Gasteiger partial charge in [0.1, 0.15) is 0 Å². The summed E-state index contributed by atoms with van der Waals surface area (Å²) in [6, 6.07) is 6.70. The number of hydrogen-bond acceptors (Lipinski definition) is 3. The molecule has 0 unspecified atom stereocenters. The van der Waals surface area contributed by atoms with Crippen LogP contribution in [0.2, 0.25) is 18.1 Å². The number of aryl methyl sites for hydroxylation is 1. The fraction of sp³-hybridized carbons (Fsp3) is 0.538. The fourth-order valence-electron chi connectivity index (χ4n) is 1.53. The maximum atomic E-state index is 12.6. The van der Waals surface area contributed by atoms with Crippen molar-refractivity contribution in [1.82, 2.24) is 4.13 Å². The Morgan fingerprint density at radius 2 is 1.63 bits per heavy atom. The van der Waals surface area contributed by atoms with E-state index in [1.807, 2.05) is 33.9 Å². The second-order valence-corrected chi connectivity index (χ2v) is 13.4. The minimum atomic E-state index is -3.86. The highest BCUT2D eigenvalue weighted by Gasteiger charge is 2.47. The second-order valence-electron chi connectivity index (χ2n) is 6.32. The lowest BCUT2D eigenvalue weighted by atomic mass is 10.2. The summed E-state index contributed by atoms with van der Waals surface area (Å²) in [6.45, 7) is 11.3. The van der Waals surface area contributed by atoms with Crippen LogP contribution in [0.5, 0.6) is 0 Å². The van der Waals surface area contributed by atoms with Crippen molar-refractivity contribution in [2.75, 3.05) is 0 Å². The van der Waals surface area contributed by atoms with Crippen LogP contribution in [-0.2, 0) is 10.0 Å². The molecule has 1 N–H and O–H groups in total. The van der Waals surface area contributed by atoms with Gasteiger partial charge in [-0.1, -0.05) is 52.1 Å². The molecule has 0 fully saturated rings. The molecule has 0 bridgehead atoms. The number of rotatable bonds is 3. The van der Waals surface area contributed by atoms with Gasteiger partial charge in [0, 0.05) is 0 Å². The van der Waals surface area contributed by atoms with Crippen LogP contribution >= 0.6 is 0 Å². The van der Waals surface area contributed by atoms with Crippen LogP contribution in [0.1, 0.15) is 26.3 Å². The quantitative estimate of drug-likeness (QED) is 0.688. The van der Waals surface area contributed by atoms with E-state index >= 15 is 0 Å². The Labute approximate surface area is 117 Å². The van der Waals surface area contributed by atoms with E-state index in [-0.39, 0.29) is 9.93 Å². The van der Waals surface area contributed by atoms with Crippen LogP contribution in [0.25, 0.3) is 0 Å². The highest BCUT2D eigenvalue weighted by Crippen LogP contribution is 2.39. The largest absolute Gasteiger partial charge is 0.307 e. The Hall–Kier alpha value is -0.693. The monoisotopic (exact) mass is 301 g/mol. The summed E-state index contributed by atoms with van der Waals surface area (Å²) in [7, 11) is -6.41. The molecule has 19 heavy (non-hydrogen) atoms. The van der Waals surface area contributed by atoms with Crippen LogP contribution in [-0.4, -0.2) is 26.0 Å². The van der Waals surface area contributed by atoms with E-state index in [1.165, 1.54) is 6.07 Å². The number of benzene rings is 1. The summed E-state index contributed by atoms with van der Waals surface area (Å²) in [4.78, 5) is 0.169. The molecule has 4 nitrogen and oxygen atoms in total.